The Balaban J connectivity index is 2.18. The first kappa shape index (κ1) is 15.1. The van der Waals surface area contributed by atoms with Gasteiger partial charge in [0.15, 0.2) is 0 Å². The van der Waals surface area contributed by atoms with Gasteiger partial charge in [-0.05, 0) is 18.6 Å². The summed E-state index contributed by atoms with van der Waals surface area (Å²) in [7, 11) is 1.79. The minimum Gasteiger partial charge on any atom is -0.384 e. The van der Waals surface area contributed by atoms with Crippen LogP contribution in [0.2, 0.25) is 0 Å². The first-order valence-electron chi connectivity index (χ1n) is 6.39. The van der Waals surface area contributed by atoms with E-state index < -0.39 is 11.7 Å². The molecule has 0 bridgehead atoms. The Labute approximate surface area is 120 Å². The molecule has 0 aliphatic rings. The van der Waals surface area contributed by atoms with E-state index in [9.17, 15) is 13.2 Å². The van der Waals surface area contributed by atoms with Gasteiger partial charge in [0.2, 0.25) is 0 Å². The highest BCUT2D eigenvalue weighted by Crippen LogP contribution is 2.31. The summed E-state index contributed by atoms with van der Waals surface area (Å²) in [6, 6.07) is 1.76. The van der Waals surface area contributed by atoms with E-state index in [1.807, 2.05) is 13.1 Å². The molecule has 2 aromatic heterocycles. The van der Waals surface area contributed by atoms with Crippen LogP contribution in [-0.4, -0.2) is 14.8 Å². The number of nitrogens with zero attached hydrogens (tertiary/aromatic N) is 3. The number of hydrogen-bond acceptors (Lipinski definition) is 4. The highest BCUT2D eigenvalue weighted by Gasteiger charge is 2.31. The van der Waals surface area contributed by atoms with Crippen LogP contribution in [0, 0.1) is 0 Å². The third-order valence-corrected chi connectivity index (χ3v) is 2.96. The lowest BCUT2D eigenvalue weighted by atomic mass is 10.2. The number of hydrogen-bond donors (Lipinski definition) is 2. The van der Waals surface area contributed by atoms with Gasteiger partial charge in [-0.25, -0.2) is 4.98 Å². The second-order valence-corrected chi connectivity index (χ2v) is 4.65. The molecule has 0 saturated carbocycles. The highest BCUT2D eigenvalue weighted by molar-refractivity contribution is 5.47. The van der Waals surface area contributed by atoms with E-state index in [2.05, 4.69) is 15.4 Å². The molecule has 0 amide bonds. The molecule has 0 aliphatic carbocycles. The van der Waals surface area contributed by atoms with Crippen molar-refractivity contribution >= 4 is 11.6 Å². The van der Waals surface area contributed by atoms with Crippen molar-refractivity contribution in [3.05, 3.63) is 35.2 Å². The molecule has 0 atom stereocenters. The predicted molar refractivity (Wildman–Crippen MR) is 73.6 cm³/mol. The van der Waals surface area contributed by atoms with Crippen LogP contribution in [0.3, 0.4) is 0 Å². The summed E-state index contributed by atoms with van der Waals surface area (Å²) in [4.78, 5) is 3.86. The molecule has 114 valence electrons. The van der Waals surface area contributed by atoms with Crippen LogP contribution in [0.25, 0.3) is 0 Å². The molecule has 0 unspecified atom stereocenters. The molecule has 3 N–H and O–H groups in total. The summed E-state index contributed by atoms with van der Waals surface area (Å²) in [6.07, 6.45) is -1.88. The van der Waals surface area contributed by atoms with Crippen molar-refractivity contribution < 1.29 is 13.2 Å². The largest absolute Gasteiger partial charge is 0.416 e. The van der Waals surface area contributed by atoms with Gasteiger partial charge in [-0.1, -0.05) is 6.92 Å². The number of alkyl halides is 3. The highest BCUT2D eigenvalue weighted by atomic mass is 19.4. The molecule has 0 fully saturated rings. The van der Waals surface area contributed by atoms with E-state index in [1.165, 1.54) is 0 Å². The second-order valence-electron chi connectivity index (χ2n) is 4.65. The van der Waals surface area contributed by atoms with Gasteiger partial charge in [0, 0.05) is 25.4 Å². The summed E-state index contributed by atoms with van der Waals surface area (Å²) in [5, 5.41) is 7.13. The first-order chi connectivity index (χ1) is 9.79. The fourth-order valence-electron chi connectivity index (χ4n) is 2.02. The molecule has 0 saturated heterocycles. The smallest absolute Gasteiger partial charge is 0.384 e. The zero-order valence-corrected chi connectivity index (χ0v) is 11.7. The van der Waals surface area contributed by atoms with Gasteiger partial charge in [-0.3, -0.25) is 4.68 Å². The average molecular weight is 299 g/mol. The molecule has 2 heterocycles. The van der Waals surface area contributed by atoms with Gasteiger partial charge in [0.1, 0.15) is 11.6 Å². The molecular formula is C13H16F3N5. The summed E-state index contributed by atoms with van der Waals surface area (Å²) < 4.78 is 39.8. The lowest BCUT2D eigenvalue weighted by Gasteiger charge is -2.11. The molecule has 0 aromatic carbocycles. The third kappa shape index (κ3) is 3.65. The minimum absolute atomic E-state index is 0.0910. The predicted octanol–water partition coefficient (Wildman–Crippen LogP) is 2.59. The number of aryl methyl sites for hydroxylation is 2. The Bertz CT molecular complexity index is 633. The van der Waals surface area contributed by atoms with Gasteiger partial charge in [-0.15, -0.1) is 0 Å². The lowest BCUT2D eigenvalue weighted by Crippen LogP contribution is -2.10. The molecule has 8 heteroatoms. The summed E-state index contributed by atoms with van der Waals surface area (Å²) in [6.45, 7) is 2.30. The van der Waals surface area contributed by atoms with Crippen LogP contribution in [-0.2, 0) is 26.2 Å². The number of anilines is 2. The standard InChI is InChI=1S/C13H16F3N5/c1-3-10-8(7-21(2)20-10)6-18-12-5-9(13(14,15)16)4-11(17)19-12/h4-5,7H,3,6H2,1-2H3,(H3,17,18,19). The number of nitrogen functional groups attached to an aromatic ring is 1. The monoisotopic (exact) mass is 299 g/mol. The molecule has 0 aliphatic heterocycles. The normalized spacial score (nSPS) is 11.7. The summed E-state index contributed by atoms with van der Waals surface area (Å²) in [5.74, 6) is -0.0811. The maximum atomic E-state index is 12.7. The summed E-state index contributed by atoms with van der Waals surface area (Å²) in [5.41, 5.74) is 6.41. The SMILES string of the molecule is CCc1nn(C)cc1CNc1cc(C(F)(F)F)cc(N)n1. The van der Waals surface area contributed by atoms with Crippen LogP contribution in [0.5, 0.6) is 0 Å². The van der Waals surface area contributed by atoms with Crippen LogP contribution in [0.15, 0.2) is 18.3 Å². The van der Waals surface area contributed by atoms with Crippen molar-refractivity contribution in [2.24, 2.45) is 7.05 Å². The van der Waals surface area contributed by atoms with E-state index in [0.717, 1.165) is 29.8 Å². The lowest BCUT2D eigenvalue weighted by molar-refractivity contribution is -0.137. The first-order valence-corrected chi connectivity index (χ1v) is 6.39. The van der Waals surface area contributed by atoms with Gasteiger partial charge in [0.25, 0.3) is 0 Å². The van der Waals surface area contributed by atoms with Crippen LogP contribution in [0.4, 0.5) is 24.8 Å². The molecule has 0 radical (unpaired) electrons. The Morgan fingerprint density at radius 2 is 2.05 bits per heavy atom. The maximum absolute atomic E-state index is 12.7. The number of rotatable bonds is 4. The van der Waals surface area contributed by atoms with Crippen LogP contribution in [0.1, 0.15) is 23.7 Å². The van der Waals surface area contributed by atoms with Gasteiger partial charge < -0.3 is 11.1 Å². The number of aromatic nitrogens is 3. The average Bonchev–Trinajstić information content (AvgIpc) is 2.75. The minimum atomic E-state index is -4.45. The zero-order valence-electron chi connectivity index (χ0n) is 11.7. The van der Waals surface area contributed by atoms with Gasteiger partial charge >= 0.3 is 6.18 Å². The van der Waals surface area contributed by atoms with Crippen LogP contribution >= 0.6 is 0 Å². The molecule has 0 spiro atoms. The summed E-state index contributed by atoms with van der Waals surface area (Å²) >= 11 is 0. The molecule has 2 aromatic rings. The maximum Gasteiger partial charge on any atom is 0.416 e. The fraction of sp³-hybridized carbons (Fsp3) is 0.385. The zero-order chi connectivity index (χ0) is 15.6. The van der Waals surface area contributed by atoms with Gasteiger partial charge in [-0.2, -0.15) is 18.3 Å². The Morgan fingerprint density at radius 3 is 2.67 bits per heavy atom. The molecule has 5 nitrogen and oxygen atoms in total. The molecule has 21 heavy (non-hydrogen) atoms. The molecular weight excluding hydrogens is 283 g/mol. The topological polar surface area (TPSA) is 68.8 Å². The number of halogens is 3. The van der Waals surface area contributed by atoms with E-state index in [4.69, 9.17) is 5.73 Å². The van der Waals surface area contributed by atoms with Crippen molar-refractivity contribution in [1.29, 1.82) is 0 Å². The van der Waals surface area contributed by atoms with Crippen molar-refractivity contribution in [3.8, 4) is 0 Å². The second kappa shape index (κ2) is 5.63. The Hall–Kier alpha value is -2.25. The Morgan fingerprint density at radius 1 is 1.33 bits per heavy atom. The number of pyridine rings is 1. The van der Waals surface area contributed by atoms with Crippen molar-refractivity contribution in [2.45, 2.75) is 26.1 Å². The van der Waals surface area contributed by atoms with Crippen molar-refractivity contribution in [2.75, 3.05) is 11.1 Å². The number of nitrogens with two attached hydrogens (primary N) is 1. The van der Waals surface area contributed by atoms with E-state index in [0.29, 0.717) is 6.54 Å². The van der Waals surface area contributed by atoms with Crippen molar-refractivity contribution in [3.63, 3.8) is 0 Å². The van der Waals surface area contributed by atoms with E-state index in [-0.39, 0.29) is 11.6 Å². The van der Waals surface area contributed by atoms with E-state index in [1.54, 1.807) is 11.7 Å². The van der Waals surface area contributed by atoms with Gasteiger partial charge in [0.05, 0.1) is 11.3 Å². The third-order valence-electron chi connectivity index (χ3n) is 2.96. The quantitative estimate of drug-likeness (QED) is 0.910. The molecule has 2 rings (SSSR count). The van der Waals surface area contributed by atoms with E-state index >= 15 is 0 Å². The Kier molecular flexibility index (Phi) is 4.06. The van der Waals surface area contributed by atoms with Crippen molar-refractivity contribution in [1.82, 2.24) is 14.8 Å². The fourth-order valence-corrected chi connectivity index (χ4v) is 2.02. The number of nitrogens with one attached hydrogen (secondary N) is 1. The van der Waals surface area contributed by atoms with Crippen LogP contribution < -0.4 is 11.1 Å².